The van der Waals surface area contributed by atoms with Gasteiger partial charge in [-0.1, -0.05) is 30.3 Å². The van der Waals surface area contributed by atoms with E-state index in [1.807, 2.05) is 30.3 Å². The molecular formula is C21H21N5O4. The number of aromatic amines is 1. The van der Waals surface area contributed by atoms with E-state index in [1.54, 1.807) is 23.1 Å². The maximum atomic E-state index is 12.5. The lowest BCUT2D eigenvalue weighted by Crippen LogP contribution is -2.50. The van der Waals surface area contributed by atoms with E-state index in [4.69, 9.17) is 4.42 Å². The van der Waals surface area contributed by atoms with Crippen LogP contribution >= 0.6 is 0 Å². The summed E-state index contributed by atoms with van der Waals surface area (Å²) in [5.74, 6) is -1.26. The lowest BCUT2D eigenvalue weighted by Gasteiger charge is -2.31. The van der Waals surface area contributed by atoms with Crippen molar-refractivity contribution in [3.63, 3.8) is 0 Å². The molecule has 4 rings (SSSR count). The largest absolute Gasteiger partial charge is 0.459 e. The van der Waals surface area contributed by atoms with Gasteiger partial charge in [0.15, 0.2) is 5.76 Å². The van der Waals surface area contributed by atoms with E-state index in [-0.39, 0.29) is 29.8 Å². The standard InChI is InChI=1S/C21H21N5O4/c27-19(15-8-4-10-26(13-15)21(29)18-9-5-11-30-18)24-25-20(28)17-12-16(22-23-17)14-6-2-1-3-7-14/h1-3,5-7,9,11-12,15H,4,8,10,13H2,(H,22,23)(H,24,27)(H,25,28)/t15-/m1/s1. The minimum absolute atomic E-state index is 0.229. The Labute approximate surface area is 172 Å². The molecule has 9 nitrogen and oxygen atoms in total. The number of piperidine rings is 1. The summed E-state index contributed by atoms with van der Waals surface area (Å²) >= 11 is 0. The zero-order valence-electron chi connectivity index (χ0n) is 16.1. The van der Waals surface area contributed by atoms with Crippen LogP contribution in [0.2, 0.25) is 0 Å². The van der Waals surface area contributed by atoms with Gasteiger partial charge in [0.05, 0.1) is 17.9 Å². The number of amides is 3. The van der Waals surface area contributed by atoms with E-state index in [1.165, 1.54) is 6.26 Å². The zero-order valence-corrected chi connectivity index (χ0v) is 16.1. The van der Waals surface area contributed by atoms with Crippen molar-refractivity contribution in [3.05, 3.63) is 66.2 Å². The van der Waals surface area contributed by atoms with Gasteiger partial charge in [-0.2, -0.15) is 5.10 Å². The van der Waals surface area contributed by atoms with Gasteiger partial charge >= 0.3 is 0 Å². The minimum Gasteiger partial charge on any atom is -0.459 e. The number of carbonyl (C=O) groups is 3. The van der Waals surface area contributed by atoms with Gasteiger partial charge in [-0.3, -0.25) is 30.3 Å². The molecule has 9 heteroatoms. The molecule has 0 spiro atoms. The summed E-state index contributed by atoms with van der Waals surface area (Å²) in [5, 5.41) is 6.79. The molecule has 0 saturated carbocycles. The SMILES string of the molecule is O=C(NNC(=O)[C@@H]1CCCN(C(=O)c2ccco2)C1)c1cc(-c2ccccc2)n[nH]1. The zero-order chi connectivity index (χ0) is 20.9. The monoisotopic (exact) mass is 407 g/mol. The van der Waals surface area contributed by atoms with Crippen LogP contribution in [-0.2, 0) is 4.79 Å². The fraction of sp³-hybridized carbons (Fsp3) is 0.238. The summed E-state index contributed by atoms with van der Waals surface area (Å²) in [6.07, 6.45) is 2.76. The Morgan fingerprint density at radius 3 is 2.70 bits per heavy atom. The molecule has 0 radical (unpaired) electrons. The second-order valence-electron chi connectivity index (χ2n) is 7.04. The number of H-pyrrole nitrogens is 1. The smallest absolute Gasteiger partial charge is 0.289 e. The average Bonchev–Trinajstić information content (AvgIpc) is 3.50. The second kappa shape index (κ2) is 8.64. The number of aromatic nitrogens is 2. The highest BCUT2D eigenvalue weighted by atomic mass is 16.3. The Morgan fingerprint density at radius 2 is 1.93 bits per heavy atom. The molecular weight excluding hydrogens is 386 g/mol. The first-order valence-corrected chi connectivity index (χ1v) is 9.65. The average molecular weight is 407 g/mol. The van der Waals surface area contributed by atoms with Crippen molar-refractivity contribution in [1.29, 1.82) is 0 Å². The molecule has 3 amide bonds. The van der Waals surface area contributed by atoms with Crippen LogP contribution in [0.3, 0.4) is 0 Å². The quantitative estimate of drug-likeness (QED) is 0.571. The normalized spacial score (nSPS) is 16.1. The van der Waals surface area contributed by atoms with E-state index in [0.717, 1.165) is 5.56 Å². The number of hydrogen-bond donors (Lipinski definition) is 3. The molecule has 1 saturated heterocycles. The Kier molecular flexibility index (Phi) is 5.60. The van der Waals surface area contributed by atoms with Crippen molar-refractivity contribution in [2.45, 2.75) is 12.8 Å². The fourth-order valence-corrected chi connectivity index (χ4v) is 3.41. The van der Waals surface area contributed by atoms with Crippen molar-refractivity contribution in [2.24, 2.45) is 5.92 Å². The summed E-state index contributed by atoms with van der Waals surface area (Å²) in [6.45, 7) is 0.829. The highest BCUT2D eigenvalue weighted by molar-refractivity contribution is 5.95. The predicted octanol–water partition coefficient (Wildman–Crippen LogP) is 1.98. The van der Waals surface area contributed by atoms with E-state index >= 15 is 0 Å². The third-order valence-corrected chi connectivity index (χ3v) is 5.00. The van der Waals surface area contributed by atoms with Crippen LogP contribution in [0.15, 0.2) is 59.2 Å². The molecule has 1 atom stereocenters. The molecule has 3 heterocycles. The molecule has 3 aromatic rings. The second-order valence-corrected chi connectivity index (χ2v) is 7.04. The highest BCUT2D eigenvalue weighted by Gasteiger charge is 2.30. The molecule has 2 aromatic heterocycles. The van der Waals surface area contributed by atoms with Gasteiger partial charge in [0.2, 0.25) is 5.91 Å². The lowest BCUT2D eigenvalue weighted by atomic mass is 9.97. The van der Waals surface area contributed by atoms with Gasteiger partial charge in [-0.05, 0) is 31.0 Å². The summed E-state index contributed by atoms with van der Waals surface area (Å²) in [5.41, 5.74) is 6.58. The number of rotatable bonds is 4. The van der Waals surface area contributed by atoms with Gasteiger partial charge in [-0.15, -0.1) is 0 Å². The molecule has 0 bridgehead atoms. The third kappa shape index (κ3) is 4.24. The molecule has 0 aliphatic carbocycles. The Hall–Kier alpha value is -3.88. The summed E-state index contributed by atoms with van der Waals surface area (Å²) in [7, 11) is 0. The van der Waals surface area contributed by atoms with Gasteiger partial charge in [0.1, 0.15) is 5.69 Å². The van der Waals surface area contributed by atoms with Crippen LogP contribution in [-0.4, -0.2) is 45.9 Å². The number of likely N-dealkylation sites (tertiary alicyclic amines) is 1. The Balaban J connectivity index is 1.31. The number of hydrogen-bond acceptors (Lipinski definition) is 5. The fourth-order valence-electron chi connectivity index (χ4n) is 3.41. The Bertz CT molecular complexity index is 1030. The number of nitrogens with one attached hydrogen (secondary N) is 3. The van der Waals surface area contributed by atoms with Crippen LogP contribution in [0.1, 0.15) is 33.9 Å². The number of nitrogens with zero attached hydrogens (tertiary/aromatic N) is 2. The van der Waals surface area contributed by atoms with Crippen molar-refractivity contribution in [1.82, 2.24) is 25.9 Å². The van der Waals surface area contributed by atoms with Crippen LogP contribution in [0.25, 0.3) is 11.3 Å². The number of hydrazine groups is 1. The van der Waals surface area contributed by atoms with Crippen molar-refractivity contribution in [2.75, 3.05) is 13.1 Å². The van der Waals surface area contributed by atoms with Gasteiger partial charge in [0.25, 0.3) is 11.8 Å². The first-order valence-electron chi connectivity index (χ1n) is 9.65. The summed E-state index contributed by atoms with van der Waals surface area (Å²) in [4.78, 5) is 38.8. The summed E-state index contributed by atoms with van der Waals surface area (Å²) in [6, 6.07) is 14.3. The molecule has 1 aromatic carbocycles. The van der Waals surface area contributed by atoms with Gasteiger partial charge in [0, 0.05) is 18.7 Å². The predicted molar refractivity (Wildman–Crippen MR) is 107 cm³/mol. The van der Waals surface area contributed by atoms with E-state index in [2.05, 4.69) is 21.0 Å². The van der Waals surface area contributed by atoms with Crippen molar-refractivity contribution >= 4 is 17.7 Å². The minimum atomic E-state index is -0.502. The van der Waals surface area contributed by atoms with Crippen molar-refractivity contribution in [3.8, 4) is 11.3 Å². The topological polar surface area (TPSA) is 120 Å². The Morgan fingerprint density at radius 1 is 1.10 bits per heavy atom. The molecule has 1 aliphatic heterocycles. The third-order valence-electron chi connectivity index (χ3n) is 5.00. The van der Waals surface area contributed by atoms with Gasteiger partial charge < -0.3 is 9.32 Å². The van der Waals surface area contributed by atoms with E-state index in [9.17, 15) is 14.4 Å². The molecule has 30 heavy (non-hydrogen) atoms. The lowest BCUT2D eigenvalue weighted by molar-refractivity contribution is -0.127. The van der Waals surface area contributed by atoms with Crippen LogP contribution in [0.5, 0.6) is 0 Å². The van der Waals surface area contributed by atoms with Crippen molar-refractivity contribution < 1.29 is 18.8 Å². The molecule has 1 fully saturated rings. The maximum Gasteiger partial charge on any atom is 0.289 e. The molecule has 154 valence electrons. The number of carbonyl (C=O) groups excluding carboxylic acids is 3. The first kappa shape index (κ1) is 19.4. The first-order chi connectivity index (χ1) is 14.6. The van der Waals surface area contributed by atoms with Crippen LogP contribution in [0.4, 0.5) is 0 Å². The molecule has 3 N–H and O–H groups in total. The van der Waals surface area contributed by atoms with Gasteiger partial charge in [-0.25, -0.2) is 0 Å². The molecule has 1 aliphatic rings. The number of benzene rings is 1. The van der Waals surface area contributed by atoms with E-state index in [0.29, 0.717) is 25.1 Å². The maximum absolute atomic E-state index is 12.5. The highest BCUT2D eigenvalue weighted by Crippen LogP contribution is 2.19. The van der Waals surface area contributed by atoms with Crippen LogP contribution in [0, 0.1) is 5.92 Å². The number of furan rings is 1. The summed E-state index contributed by atoms with van der Waals surface area (Å²) < 4.78 is 5.15. The molecule has 0 unspecified atom stereocenters. The van der Waals surface area contributed by atoms with Crippen LogP contribution < -0.4 is 10.9 Å². The van der Waals surface area contributed by atoms with E-state index < -0.39 is 11.8 Å².